The van der Waals surface area contributed by atoms with Crippen LogP contribution in [0.3, 0.4) is 0 Å². The second-order valence-corrected chi connectivity index (χ2v) is 6.10. The summed E-state index contributed by atoms with van der Waals surface area (Å²) in [6, 6.07) is 12.0. The predicted molar refractivity (Wildman–Crippen MR) is 88.1 cm³/mol. The number of pyridine rings is 1. The van der Waals surface area contributed by atoms with Gasteiger partial charge in [0.2, 0.25) is 5.91 Å². The van der Waals surface area contributed by atoms with Gasteiger partial charge in [0.15, 0.2) is 0 Å². The summed E-state index contributed by atoms with van der Waals surface area (Å²) >= 11 is 3.53. The molecule has 1 amide bonds. The molecule has 0 aliphatic heterocycles. The molecule has 21 heavy (non-hydrogen) atoms. The van der Waals surface area contributed by atoms with Gasteiger partial charge in [-0.05, 0) is 43.5 Å². The van der Waals surface area contributed by atoms with E-state index in [1.165, 1.54) is 5.56 Å². The van der Waals surface area contributed by atoms with Crippen molar-refractivity contribution in [1.82, 2.24) is 10.3 Å². The standard InChI is InChI=1S/C17H19BrN2O/c1-12-7-8-14(11-19-12)10-17(21)20-13(2)9-15-5-3-4-6-16(15)18/h3-8,11,13H,9-10H2,1-2H3,(H,20,21)/t13-/m1/s1. The zero-order valence-electron chi connectivity index (χ0n) is 12.3. The van der Waals surface area contributed by atoms with Crippen molar-refractivity contribution in [2.75, 3.05) is 0 Å². The van der Waals surface area contributed by atoms with E-state index in [9.17, 15) is 4.79 Å². The van der Waals surface area contributed by atoms with Crippen LogP contribution >= 0.6 is 15.9 Å². The van der Waals surface area contributed by atoms with Crippen LogP contribution in [0.4, 0.5) is 0 Å². The number of aromatic nitrogens is 1. The highest BCUT2D eigenvalue weighted by Gasteiger charge is 2.10. The zero-order valence-corrected chi connectivity index (χ0v) is 13.9. The van der Waals surface area contributed by atoms with Crippen LogP contribution in [0.1, 0.15) is 23.7 Å². The number of hydrogen-bond donors (Lipinski definition) is 1. The number of nitrogens with one attached hydrogen (secondary N) is 1. The largest absolute Gasteiger partial charge is 0.353 e. The van der Waals surface area contributed by atoms with Crippen molar-refractivity contribution in [2.24, 2.45) is 0 Å². The first kappa shape index (κ1) is 15.7. The number of amides is 1. The average molecular weight is 347 g/mol. The van der Waals surface area contributed by atoms with Crippen LogP contribution in [-0.2, 0) is 17.6 Å². The molecule has 1 aromatic carbocycles. The van der Waals surface area contributed by atoms with Crippen LogP contribution in [-0.4, -0.2) is 16.9 Å². The number of rotatable bonds is 5. The minimum absolute atomic E-state index is 0.0280. The lowest BCUT2D eigenvalue weighted by atomic mass is 10.1. The first-order valence-corrected chi connectivity index (χ1v) is 7.78. The van der Waals surface area contributed by atoms with Crippen molar-refractivity contribution in [1.29, 1.82) is 0 Å². The Labute approximate surface area is 133 Å². The minimum Gasteiger partial charge on any atom is -0.353 e. The third kappa shape index (κ3) is 4.97. The Balaban J connectivity index is 1.87. The van der Waals surface area contributed by atoms with Gasteiger partial charge in [0.25, 0.3) is 0 Å². The van der Waals surface area contributed by atoms with E-state index < -0.39 is 0 Å². The van der Waals surface area contributed by atoms with Gasteiger partial charge in [-0.2, -0.15) is 0 Å². The van der Waals surface area contributed by atoms with Gasteiger partial charge in [-0.15, -0.1) is 0 Å². The Morgan fingerprint density at radius 1 is 1.29 bits per heavy atom. The van der Waals surface area contributed by atoms with E-state index in [4.69, 9.17) is 0 Å². The van der Waals surface area contributed by atoms with Crippen molar-refractivity contribution in [2.45, 2.75) is 32.7 Å². The Bertz CT molecular complexity index is 610. The first-order chi connectivity index (χ1) is 10.0. The number of nitrogens with zero attached hydrogens (tertiary/aromatic N) is 1. The van der Waals surface area contributed by atoms with E-state index in [2.05, 4.69) is 32.3 Å². The normalized spacial score (nSPS) is 12.0. The molecule has 1 heterocycles. The fraction of sp³-hybridized carbons (Fsp3) is 0.294. The van der Waals surface area contributed by atoms with Crippen molar-refractivity contribution < 1.29 is 4.79 Å². The molecule has 2 aromatic rings. The molecule has 0 radical (unpaired) electrons. The molecule has 0 unspecified atom stereocenters. The number of aryl methyl sites for hydroxylation is 1. The van der Waals surface area contributed by atoms with Crippen molar-refractivity contribution in [3.8, 4) is 0 Å². The molecule has 3 nitrogen and oxygen atoms in total. The quantitative estimate of drug-likeness (QED) is 0.900. The summed E-state index contributed by atoms with van der Waals surface area (Å²) in [4.78, 5) is 16.2. The van der Waals surface area contributed by atoms with Gasteiger partial charge < -0.3 is 5.32 Å². The summed E-state index contributed by atoms with van der Waals surface area (Å²) in [5, 5.41) is 3.03. The van der Waals surface area contributed by atoms with E-state index >= 15 is 0 Å². The third-order valence-corrected chi connectivity index (χ3v) is 4.00. The predicted octanol–water partition coefficient (Wildman–Crippen LogP) is 3.44. The molecule has 0 bridgehead atoms. The highest BCUT2D eigenvalue weighted by molar-refractivity contribution is 9.10. The minimum atomic E-state index is 0.0280. The topological polar surface area (TPSA) is 42.0 Å². The van der Waals surface area contributed by atoms with E-state index in [1.54, 1.807) is 6.20 Å². The van der Waals surface area contributed by atoms with E-state index in [-0.39, 0.29) is 11.9 Å². The summed E-state index contributed by atoms with van der Waals surface area (Å²) in [7, 11) is 0. The molecule has 0 saturated heterocycles. The lowest BCUT2D eigenvalue weighted by Gasteiger charge is -2.15. The second-order valence-electron chi connectivity index (χ2n) is 5.25. The second kappa shape index (κ2) is 7.36. The number of hydrogen-bond acceptors (Lipinski definition) is 2. The molecule has 0 aliphatic carbocycles. The van der Waals surface area contributed by atoms with Crippen LogP contribution < -0.4 is 5.32 Å². The fourth-order valence-corrected chi connectivity index (χ4v) is 2.61. The number of carbonyl (C=O) groups excluding carboxylic acids is 1. The molecule has 4 heteroatoms. The van der Waals surface area contributed by atoms with Gasteiger partial charge in [-0.1, -0.05) is 40.2 Å². The number of halogens is 1. The van der Waals surface area contributed by atoms with Gasteiger partial charge >= 0.3 is 0 Å². The summed E-state index contributed by atoms with van der Waals surface area (Å²) in [6.07, 6.45) is 2.93. The van der Waals surface area contributed by atoms with Crippen LogP contribution in [0.5, 0.6) is 0 Å². The van der Waals surface area contributed by atoms with E-state index in [0.717, 1.165) is 22.2 Å². The Hall–Kier alpha value is -1.68. The van der Waals surface area contributed by atoms with Crippen molar-refractivity contribution in [3.05, 3.63) is 63.9 Å². The third-order valence-electron chi connectivity index (χ3n) is 3.23. The Morgan fingerprint density at radius 2 is 2.05 bits per heavy atom. The molecule has 0 saturated carbocycles. The lowest BCUT2D eigenvalue weighted by Crippen LogP contribution is -2.35. The molecule has 2 rings (SSSR count). The lowest BCUT2D eigenvalue weighted by molar-refractivity contribution is -0.121. The molecular weight excluding hydrogens is 328 g/mol. The Kier molecular flexibility index (Phi) is 5.51. The Morgan fingerprint density at radius 3 is 2.71 bits per heavy atom. The highest BCUT2D eigenvalue weighted by Crippen LogP contribution is 2.17. The molecule has 0 aliphatic rings. The highest BCUT2D eigenvalue weighted by atomic mass is 79.9. The maximum atomic E-state index is 12.0. The van der Waals surface area contributed by atoms with E-state index in [0.29, 0.717) is 6.42 Å². The van der Waals surface area contributed by atoms with Crippen LogP contribution in [0.25, 0.3) is 0 Å². The van der Waals surface area contributed by atoms with Crippen molar-refractivity contribution in [3.63, 3.8) is 0 Å². The summed E-state index contributed by atoms with van der Waals surface area (Å²) in [5.41, 5.74) is 3.09. The van der Waals surface area contributed by atoms with Gasteiger partial charge in [-0.3, -0.25) is 9.78 Å². The van der Waals surface area contributed by atoms with Gasteiger partial charge in [-0.25, -0.2) is 0 Å². The number of carbonyl (C=O) groups is 1. The SMILES string of the molecule is Cc1ccc(CC(=O)N[C@H](C)Cc2ccccc2Br)cn1. The van der Waals surface area contributed by atoms with E-state index in [1.807, 2.05) is 44.2 Å². The van der Waals surface area contributed by atoms with Crippen LogP contribution in [0.15, 0.2) is 47.1 Å². The summed E-state index contributed by atoms with van der Waals surface area (Å²) < 4.78 is 1.08. The molecule has 0 spiro atoms. The van der Waals surface area contributed by atoms with Crippen LogP contribution in [0.2, 0.25) is 0 Å². The first-order valence-electron chi connectivity index (χ1n) is 6.99. The molecule has 1 aromatic heterocycles. The molecule has 1 N–H and O–H groups in total. The summed E-state index contributed by atoms with van der Waals surface area (Å²) in [5.74, 6) is 0.0280. The zero-order chi connectivity index (χ0) is 15.2. The molecule has 110 valence electrons. The van der Waals surface area contributed by atoms with Gasteiger partial charge in [0, 0.05) is 22.4 Å². The maximum Gasteiger partial charge on any atom is 0.224 e. The number of benzene rings is 1. The smallest absolute Gasteiger partial charge is 0.224 e. The maximum absolute atomic E-state index is 12.0. The van der Waals surface area contributed by atoms with Crippen LogP contribution in [0, 0.1) is 6.92 Å². The molecular formula is C17H19BrN2O. The van der Waals surface area contributed by atoms with Gasteiger partial charge in [0.1, 0.15) is 0 Å². The summed E-state index contributed by atoms with van der Waals surface area (Å²) in [6.45, 7) is 3.95. The molecule has 0 fully saturated rings. The van der Waals surface area contributed by atoms with Crippen molar-refractivity contribution >= 4 is 21.8 Å². The fourth-order valence-electron chi connectivity index (χ4n) is 2.16. The molecule has 1 atom stereocenters. The van der Waals surface area contributed by atoms with Gasteiger partial charge in [0.05, 0.1) is 6.42 Å². The monoisotopic (exact) mass is 346 g/mol. The average Bonchev–Trinajstić information content (AvgIpc) is 2.44.